The number of nitrogens with one attached hydrogen (secondary N) is 1. The highest BCUT2D eigenvalue weighted by Crippen LogP contribution is 2.25. The number of hydrogen-bond acceptors (Lipinski definition) is 5. The SMILES string of the molecule is CC(C)(CC(=O)O)Nc1ncccc1[N+](=O)[O-]. The van der Waals surface area contributed by atoms with Crippen LogP contribution < -0.4 is 5.32 Å². The molecule has 17 heavy (non-hydrogen) atoms. The van der Waals surface area contributed by atoms with E-state index in [2.05, 4.69) is 10.3 Å². The molecule has 0 aromatic carbocycles. The molecule has 0 unspecified atom stereocenters. The number of nitrogens with zero attached hydrogens (tertiary/aromatic N) is 2. The number of aromatic nitrogens is 1. The van der Waals surface area contributed by atoms with Crippen molar-refractivity contribution < 1.29 is 14.8 Å². The summed E-state index contributed by atoms with van der Waals surface area (Å²) in [4.78, 5) is 24.7. The highest BCUT2D eigenvalue weighted by molar-refractivity contribution is 5.69. The second-order valence-corrected chi connectivity index (χ2v) is 4.21. The maximum atomic E-state index is 10.7. The van der Waals surface area contributed by atoms with E-state index in [-0.39, 0.29) is 17.9 Å². The predicted octanol–water partition coefficient (Wildman–Crippen LogP) is 1.65. The van der Waals surface area contributed by atoms with Gasteiger partial charge in [0.1, 0.15) is 0 Å². The van der Waals surface area contributed by atoms with E-state index in [1.165, 1.54) is 18.3 Å². The van der Waals surface area contributed by atoms with Crippen molar-refractivity contribution in [2.45, 2.75) is 25.8 Å². The van der Waals surface area contributed by atoms with Gasteiger partial charge < -0.3 is 10.4 Å². The molecule has 1 aromatic heterocycles. The van der Waals surface area contributed by atoms with Crippen molar-refractivity contribution in [3.8, 4) is 0 Å². The highest BCUT2D eigenvalue weighted by atomic mass is 16.6. The molecule has 0 aliphatic heterocycles. The first-order valence-corrected chi connectivity index (χ1v) is 4.91. The van der Waals surface area contributed by atoms with Gasteiger partial charge in [-0.25, -0.2) is 4.98 Å². The van der Waals surface area contributed by atoms with Crippen molar-refractivity contribution in [1.29, 1.82) is 0 Å². The largest absolute Gasteiger partial charge is 0.481 e. The number of rotatable bonds is 5. The summed E-state index contributed by atoms with van der Waals surface area (Å²) in [5, 5.41) is 22.2. The van der Waals surface area contributed by atoms with E-state index in [1.54, 1.807) is 13.8 Å². The number of nitro groups is 1. The second-order valence-electron chi connectivity index (χ2n) is 4.21. The molecule has 2 N–H and O–H groups in total. The van der Waals surface area contributed by atoms with Crippen molar-refractivity contribution in [3.05, 3.63) is 28.4 Å². The van der Waals surface area contributed by atoms with E-state index >= 15 is 0 Å². The number of carboxylic acids is 1. The van der Waals surface area contributed by atoms with E-state index in [9.17, 15) is 14.9 Å². The Hall–Kier alpha value is -2.18. The minimum Gasteiger partial charge on any atom is -0.481 e. The molecule has 1 rings (SSSR count). The van der Waals surface area contributed by atoms with Crippen LogP contribution in [0.25, 0.3) is 0 Å². The number of anilines is 1. The van der Waals surface area contributed by atoms with Crippen LogP contribution in [0.4, 0.5) is 11.5 Å². The maximum Gasteiger partial charge on any atom is 0.311 e. The van der Waals surface area contributed by atoms with E-state index in [1.807, 2.05) is 0 Å². The average molecular weight is 239 g/mol. The Morgan fingerprint density at radius 3 is 2.82 bits per heavy atom. The maximum absolute atomic E-state index is 10.7. The normalized spacial score (nSPS) is 10.9. The minimum atomic E-state index is -0.985. The zero-order valence-corrected chi connectivity index (χ0v) is 9.51. The van der Waals surface area contributed by atoms with Gasteiger partial charge in [-0.2, -0.15) is 0 Å². The van der Waals surface area contributed by atoms with E-state index < -0.39 is 16.4 Å². The smallest absolute Gasteiger partial charge is 0.311 e. The van der Waals surface area contributed by atoms with Gasteiger partial charge in [-0.15, -0.1) is 0 Å². The van der Waals surface area contributed by atoms with Gasteiger partial charge in [-0.1, -0.05) is 0 Å². The number of pyridine rings is 1. The molecule has 0 bridgehead atoms. The monoisotopic (exact) mass is 239 g/mol. The first-order chi connectivity index (χ1) is 7.82. The molecular weight excluding hydrogens is 226 g/mol. The highest BCUT2D eigenvalue weighted by Gasteiger charge is 2.25. The van der Waals surface area contributed by atoms with Gasteiger partial charge >= 0.3 is 11.7 Å². The molecular formula is C10H13N3O4. The molecule has 1 heterocycles. The summed E-state index contributed by atoms with van der Waals surface area (Å²) in [6, 6.07) is 2.76. The number of aliphatic carboxylic acids is 1. The third-order valence-corrected chi connectivity index (χ3v) is 2.03. The Balaban J connectivity index is 2.95. The predicted molar refractivity (Wildman–Crippen MR) is 60.8 cm³/mol. The number of carbonyl (C=O) groups is 1. The van der Waals surface area contributed by atoms with Gasteiger partial charge in [-0.3, -0.25) is 14.9 Å². The Kier molecular flexibility index (Phi) is 3.62. The first kappa shape index (κ1) is 12.9. The Morgan fingerprint density at radius 2 is 2.29 bits per heavy atom. The van der Waals surface area contributed by atoms with Crippen LogP contribution in [0, 0.1) is 10.1 Å². The van der Waals surface area contributed by atoms with Crippen LogP contribution in [-0.2, 0) is 4.79 Å². The lowest BCUT2D eigenvalue weighted by Crippen LogP contribution is -2.34. The number of hydrogen-bond donors (Lipinski definition) is 2. The van der Waals surface area contributed by atoms with Crippen LogP contribution in [0.1, 0.15) is 20.3 Å². The standard InChI is InChI=1S/C10H13N3O4/c1-10(2,6-8(14)15)12-9-7(13(16)17)4-3-5-11-9/h3-5H,6H2,1-2H3,(H,11,12)(H,14,15). The molecule has 1 aromatic rings. The van der Waals surface area contributed by atoms with Gasteiger partial charge in [-0.05, 0) is 19.9 Å². The molecule has 0 amide bonds. The molecule has 0 aliphatic rings. The van der Waals surface area contributed by atoms with Crippen LogP contribution in [0.2, 0.25) is 0 Å². The molecule has 0 spiro atoms. The first-order valence-electron chi connectivity index (χ1n) is 4.91. The number of carboxylic acid groups (broad SMARTS) is 1. The van der Waals surface area contributed by atoms with Crippen molar-refractivity contribution in [3.63, 3.8) is 0 Å². The van der Waals surface area contributed by atoms with Crippen LogP contribution in [0.5, 0.6) is 0 Å². The molecule has 0 fully saturated rings. The summed E-state index contributed by atoms with van der Waals surface area (Å²) in [7, 11) is 0. The van der Waals surface area contributed by atoms with Gasteiger partial charge in [0.25, 0.3) is 0 Å². The van der Waals surface area contributed by atoms with Gasteiger partial charge in [0.2, 0.25) is 5.82 Å². The fourth-order valence-electron chi connectivity index (χ4n) is 1.38. The lowest BCUT2D eigenvalue weighted by atomic mass is 10.0. The van der Waals surface area contributed by atoms with E-state index in [4.69, 9.17) is 5.11 Å². The van der Waals surface area contributed by atoms with Crippen LogP contribution >= 0.6 is 0 Å². The summed E-state index contributed by atoms with van der Waals surface area (Å²) in [6.07, 6.45) is 1.24. The van der Waals surface area contributed by atoms with Crippen LogP contribution in [0.3, 0.4) is 0 Å². The average Bonchev–Trinajstić information content (AvgIpc) is 2.14. The minimum absolute atomic E-state index is 0.0729. The molecule has 92 valence electrons. The van der Waals surface area contributed by atoms with Crippen molar-refractivity contribution in [2.24, 2.45) is 0 Å². The van der Waals surface area contributed by atoms with Gasteiger partial charge in [0.15, 0.2) is 0 Å². The lowest BCUT2D eigenvalue weighted by Gasteiger charge is -2.24. The Bertz CT molecular complexity index is 445. The van der Waals surface area contributed by atoms with Crippen LogP contribution in [0.15, 0.2) is 18.3 Å². The summed E-state index contributed by atoms with van der Waals surface area (Å²) in [6.45, 7) is 3.28. The summed E-state index contributed by atoms with van der Waals surface area (Å²) < 4.78 is 0. The summed E-state index contributed by atoms with van der Waals surface area (Å²) >= 11 is 0. The Labute approximate surface area is 97.6 Å². The zero-order chi connectivity index (χ0) is 13.1. The molecule has 0 radical (unpaired) electrons. The summed E-state index contributed by atoms with van der Waals surface area (Å²) in [5.74, 6) is -0.912. The topological polar surface area (TPSA) is 105 Å². The zero-order valence-electron chi connectivity index (χ0n) is 9.51. The molecule has 0 saturated heterocycles. The molecule has 7 heteroatoms. The fourth-order valence-corrected chi connectivity index (χ4v) is 1.38. The molecule has 0 saturated carbocycles. The third-order valence-electron chi connectivity index (χ3n) is 2.03. The van der Waals surface area contributed by atoms with Crippen molar-refractivity contribution >= 4 is 17.5 Å². The van der Waals surface area contributed by atoms with Crippen molar-refractivity contribution in [2.75, 3.05) is 5.32 Å². The van der Waals surface area contributed by atoms with Crippen LogP contribution in [-0.4, -0.2) is 26.5 Å². The van der Waals surface area contributed by atoms with Crippen molar-refractivity contribution in [1.82, 2.24) is 4.98 Å². The lowest BCUT2D eigenvalue weighted by molar-refractivity contribution is -0.384. The second kappa shape index (κ2) is 4.77. The van der Waals surface area contributed by atoms with Gasteiger partial charge in [0.05, 0.1) is 11.3 Å². The third kappa shape index (κ3) is 3.71. The Morgan fingerprint density at radius 1 is 1.65 bits per heavy atom. The quantitative estimate of drug-likeness (QED) is 0.597. The summed E-state index contributed by atoms with van der Waals surface area (Å²) in [5.41, 5.74) is -0.990. The molecule has 0 aliphatic carbocycles. The fraction of sp³-hybridized carbons (Fsp3) is 0.400. The van der Waals surface area contributed by atoms with E-state index in [0.29, 0.717) is 0 Å². The van der Waals surface area contributed by atoms with E-state index in [0.717, 1.165) is 0 Å². The molecule has 0 atom stereocenters. The van der Waals surface area contributed by atoms with Gasteiger partial charge in [0, 0.05) is 17.8 Å². The molecule has 7 nitrogen and oxygen atoms in total.